The monoisotopic (exact) mass is 467 g/mol. The van der Waals surface area contributed by atoms with Gasteiger partial charge in [0.25, 0.3) is 0 Å². The summed E-state index contributed by atoms with van der Waals surface area (Å²) in [6.45, 7) is 4.13. The first-order valence-corrected chi connectivity index (χ1v) is 11.4. The van der Waals surface area contributed by atoms with Crippen LogP contribution in [-0.2, 0) is 11.2 Å². The first-order valence-electron chi connectivity index (χ1n) is 9.77. The lowest BCUT2D eigenvalue weighted by Gasteiger charge is -2.40. The van der Waals surface area contributed by atoms with Crippen LogP contribution < -0.4 is 10.6 Å². The highest BCUT2D eigenvalue weighted by molar-refractivity contribution is 9.10. The van der Waals surface area contributed by atoms with Crippen molar-refractivity contribution in [3.8, 4) is 6.07 Å². The van der Waals surface area contributed by atoms with Crippen LogP contribution in [0.5, 0.6) is 0 Å². The molecule has 1 aromatic carbocycles. The standard InChI is InChI=1S/C23H22BrN3OS/c1-3-14-7-4-5-8-17(14)27-18-9-6-10-19(28)22(18)21(15(12-25)23(27)26)20-11-16(24)13(2)29-20/h4-5,7-8,11,21H,3,6,9-10,26H2,1-2H3. The van der Waals surface area contributed by atoms with Gasteiger partial charge in [0.2, 0.25) is 0 Å². The zero-order valence-corrected chi connectivity index (χ0v) is 18.9. The molecule has 4 rings (SSSR count). The van der Waals surface area contributed by atoms with Crippen molar-refractivity contribution >= 4 is 38.7 Å². The van der Waals surface area contributed by atoms with Gasteiger partial charge in [0.05, 0.1) is 23.2 Å². The Labute approximate surface area is 183 Å². The van der Waals surface area contributed by atoms with E-state index in [0.29, 0.717) is 17.8 Å². The number of aryl methyl sites for hydroxylation is 2. The molecular weight excluding hydrogens is 446 g/mol. The van der Waals surface area contributed by atoms with Crippen LogP contribution in [0, 0.1) is 18.3 Å². The maximum absolute atomic E-state index is 13.1. The molecule has 0 spiro atoms. The molecule has 4 nitrogen and oxygen atoms in total. The van der Waals surface area contributed by atoms with E-state index in [1.54, 1.807) is 11.3 Å². The third-order valence-corrected chi connectivity index (χ3v) is 7.89. The van der Waals surface area contributed by atoms with E-state index in [1.165, 1.54) is 0 Å². The number of allylic oxidation sites excluding steroid dienone is 3. The number of para-hydroxylation sites is 1. The number of halogens is 1. The second kappa shape index (κ2) is 7.81. The fourth-order valence-corrected chi connectivity index (χ4v) is 5.98. The normalized spacial score (nSPS) is 19.4. The first-order chi connectivity index (χ1) is 14.0. The van der Waals surface area contributed by atoms with E-state index in [9.17, 15) is 10.1 Å². The Morgan fingerprint density at radius 3 is 2.76 bits per heavy atom. The van der Waals surface area contributed by atoms with E-state index in [2.05, 4.69) is 35.0 Å². The molecule has 1 aliphatic heterocycles. The minimum atomic E-state index is -0.386. The molecule has 2 N–H and O–H groups in total. The minimum absolute atomic E-state index is 0.123. The van der Waals surface area contributed by atoms with Crippen molar-refractivity contribution in [1.29, 1.82) is 5.26 Å². The molecule has 2 heterocycles. The zero-order chi connectivity index (χ0) is 20.7. The van der Waals surface area contributed by atoms with Crippen LogP contribution in [0.25, 0.3) is 0 Å². The number of hydrogen-bond acceptors (Lipinski definition) is 5. The SMILES string of the molecule is CCc1ccccc1N1C(N)=C(C#N)C(c2cc(Br)c(C)s2)C2=C1CCCC2=O. The van der Waals surface area contributed by atoms with Crippen molar-refractivity contribution < 1.29 is 4.79 Å². The van der Waals surface area contributed by atoms with E-state index in [0.717, 1.165) is 56.0 Å². The highest BCUT2D eigenvalue weighted by Gasteiger charge is 2.41. The van der Waals surface area contributed by atoms with Crippen molar-refractivity contribution in [1.82, 2.24) is 0 Å². The average molecular weight is 468 g/mol. The number of carbonyl (C=O) groups excluding carboxylic acids is 1. The van der Waals surface area contributed by atoms with Gasteiger partial charge in [-0.3, -0.25) is 9.69 Å². The lowest BCUT2D eigenvalue weighted by Crippen LogP contribution is -2.39. The smallest absolute Gasteiger partial charge is 0.161 e. The number of nitrogens with zero attached hydrogens (tertiary/aromatic N) is 2. The van der Waals surface area contributed by atoms with Gasteiger partial charge >= 0.3 is 0 Å². The Hall–Kier alpha value is -2.36. The number of rotatable bonds is 3. The van der Waals surface area contributed by atoms with E-state index in [-0.39, 0.29) is 11.7 Å². The van der Waals surface area contributed by atoms with E-state index in [1.807, 2.05) is 36.1 Å². The van der Waals surface area contributed by atoms with Gasteiger partial charge in [0.1, 0.15) is 5.82 Å². The summed E-state index contributed by atoms with van der Waals surface area (Å²) in [6.07, 6.45) is 2.94. The molecule has 0 fully saturated rings. The first kappa shape index (κ1) is 19.9. The molecule has 2 aromatic rings. The fourth-order valence-electron chi connectivity index (χ4n) is 4.30. The molecule has 29 heavy (non-hydrogen) atoms. The highest BCUT2D eigenvalue weighted by Crippen LogP contribution is 2.49. The van der Waals surface area contributed by atoms with Crippen LogP contribution in [0.15, 0.2) is 57.5 Å². The fraction of sp³-hybridized carbons (Fsp3) is 0.304. The third-order valence-electron chi connectivity index (χ3n) is 5.69. The molecular formula is C23H22BrN3OS. The summed E-state index contributed by atoms with van der Waals surface area (Å²) in [7, 11) is 0. The Morgan fingerprint density at radius 2 is 2.10 bits per heavy atom. The Balaban J connectivity index is 1.99. The number of ketones is 1. The second-order valence-electron chi connectivity index (χ2n) is 7.35. The second-order valence-corrected chi connectivity index (χ2v) is 9.49. The van der Waals surface area contributed by atoms with Gasteiger partial charge in [-0.25, -0.2) is 0 Å². The molecule has 0 saturated heterocycles. The van der Waals surface area contributed by atoms with Gasteiger partial charge < -0.3 is 5.73 Å². The molecule has 1 unspecified atom stereocenters. The van der Waals surface area contributed by atoms with Crippen LogP contribution in [0.3, 0.4) is 0 Å². The van der Waals surface area contributed by atoms with Gasteiger partial charge in [-0.05, 0) is 59.8 Å². The summed E-state index contributed by atoms with van der Waals surface area (Å²) in [4.78, 5) is 17.2. The van der Waals surface area contributed by atoms with Crippen molar-refractivity contribution in [3.63, 3.8) is 0 Å². The molecule has 0 radical (unpaired) electrons. The summed E-state index contributed by atoms with van der Waals surface area (Å²) in [6, 6.07) is 12.4. The minimum Gasteiger partial charge on any atom is -0.384 e. The van der Waals surface area contributed by atoms with Gasteiger partial charge in [0, 0.05) is 31.9 Å². The molecule has 1 aliphatic carbocycles. The van der Waals surface area contributed by atoms with Gasteiger partial charge in [-0.2, -0.15) is 5.26 Å². The predicted molar refractivity (Wildman–Crippen MR) is 121 cm³/mol. The number of benzene rings is 1. The molecule has 6 heteroatoms. The summed E-state index contributed by atoms with van der Waals surface area (Å²) < 4.78 is 0.998. The van der Waals surface area contributed by atoms with Crippen LogP contribution >= 0.6 is 27.3 Å². The number of anilines is 1. The van der Waals surface area contributed by atoms with E-state index < -0.39 is 0 Å². The van der Waals surface area contributed by atoms with Crippen molar-refractivity contribution in [2.75, 3.05) is 4.90 Å². The maximum atomic E-state index is 13.1. The third kappa shape index (κ3) is 3.23. The van der Waals surface area contributed by atoms with Crippen molar-refractivity contribution in [2.24, 2.45) is 5.73 Å². The predicted octanol–water partition coefficient (Wildman–Crippen LogP) is 5.69. The van der Waals surface area contributed by atoms with Gasteiger partial charge in [-0.1, -0.05) is 25.1 Å². The molecule has 1 aromatic heterocycles. The number of nitrogens with two attached hydrogens (primary N) is 1. The van der Waals surface area contributed by atoms with E-state index >= 15 is 0 Å². The van der Waals surface area contributed by atoms with Gasteiger partial charge in [-0.15, -0.1) is 11.3 Å². The molecule has 0 bridgehead atoms. The van der Waals surface area contributed by atoms with Crippen molar-refractivity contribution in [2.45, 2.75) is 45.4 Å². The van der Waals surface area contributed by atoms with Gasteiger partial charge in [0.15, 0.2) is 5.78 Å². The Bertz CT molecular complexity index is 1090. The quantitative estimate of drug-likeness (QED) is 0.629. The van der Waals surface area contributed by atoms with Crippen LogP contribution in [0.2, 0.25) is 0 Å². The Kier molecular flexibility index (Phi) is 5.37. The molecule has 2 aliphatic rings. The topological polar surface area (TPSA) is 70.1 Å². The average Bonchev–Trinajstić information content (AvgIpc) is 3.05. The number of Topliss-reactive ketones (excluding diaryl/α,β-unsaturated/α-hetero) is 1. The maximum Gasteiger partial charge on any atom is 0.161 e. The summed E-state index contributed by atoms with van der Waals surface area (Å²) in [5.74, 6) is 0.175. The highest BCUT2D eigenvalue weighted by atomic mass is 79.9. The summed E-state index contributed by atoms with van der Waals surface area (Å²) in [5.41, 5.74) is 10.9. The zero-order valence-electron chi connectivity index (χ0n) is 16.5. The van der Waals surface area contributed by atoms with Crippen LogP contribution in [0.4, 0.5) is 5.69 Å². The van der Waals surface area contributed by atoms with Crippen LogP contribution in [-0.4, -0.2) is 5.78 Å². The number of thiophene rings is 1. The number of carbonyl (C=O) groups is 1. The molecule has 0 saturated carbocycles. The van der Waals surface area contributed by atoms with Crippen molar-refractivity contribution in [3.05, 3.63) is 72.8 Å². The van der Waals surface area contributed by atoms with E-state index in [4.69, 9.17) is 5.73 Å². The lowest BCUT2D eigenvalue weighted by molar-refractivity contribution is -0.116. The number of nitriles is 1. The summed E-state index contributed by atoms with van der Waals surface area (Å²) >= 11 is 5.19. The number of hydrogen-bond donors (Lipinski definition) is 1. The Morgan fingerprint density at radius 1 is 1.34 bits per heavy atom. The lowest BCUT2D eigenvalue weighted by atomic mass is 9.78. The molecule has 148 valence electrons. The van der Waals surface area contributed by atoms with Crippen LogP contribution in [0.1, 0.15) is 47.4 Å². The molecule has 1 atom stereocenters. The molecule has 0 amide bonds. The largest absolute Gasteiger partial charge is 0.384 e. The summed E-state index contributed by atoms with van der Waals surface area (Å²) in [5, 5.41) is 10.1.